The topological polar surface area (TPSA) is 104 Å². The second-order valence-electron chi connectivity index (χ2n) is 6.02. The fraction of sp³-hybridized carbons (Fsp3) is 0.529. The number of carbonyl (C=O) groups excluding carboxylic acids is 1. The third-order valence-electron chi connectivity index (χ3n) is 3.71. The van der Waals surface area contributed by atoms with E-state index in [2.05, 4.69) is 5.32 Å². The van der Waals surface area contributed by atoms with Gasteiger partial charge in [-0.1, -0.05) is 19.3 Å². The zero-order chi connectivity index (χ0) is 18.9. The molecule has 0 aromatic heterocycles. The van der Waals surface area contributed by atoms with Gasteiger partial charge in [-0.15, -0.1) is 0 Å². The third kappa shape index (κ3) is 7.66. The van der Waals surface area contributed by atoms with Gasteiger partial charge in [-0.2, -0.15) is 0 Å². The lowest BCUT2D eigenvalue weighted by molar-refractivity contribution is -0.137. The summed E-state index contributed by atoms with van der Waals surface area (Å²) in [7, 11) is -0.539. The van der Waals surface area contributed by atoms with Gasteiger partial charge in [0.15, 0.2) is 0 Å². The van der Waals surface area contributed by atoms with Crippen molar-refractivity contribution < 1.29 is 23.1 Å². The first-order valence-corrected chi connectivity index (χ1v) is 9.71. The Balaban J connectivity index is 2.32. The van der Waals surface area contributed by atoms with Crippen LogP contribution in [0.3, 0.4) is 0 Å². The van der Waals surface area contributed by atoms with Crippen LogP contribution in [0.4, 0.5) is 5.69 Å². The number of nitrogens with one attached hydrogen (secondary N) is 1. The fourth-order valence-corrected chi connectivity index (χ4v) is 3.14. The smallest absolute Gasteiger partial charge is 0.303 e. The normalized spacial score (nSPS) is 11.5. The number of anilines is 1. The predicted octanol–water partition coefficient (Wildman–Crippen LogP) is 2.69. The van der Waals surface area contributed by atoms with Crippen molar-refractivity contribution in [1.82, 2.24) is 4.31 Å². The number of carboxylic acids is 1. The van der Waals surface area contributed by atoms with Gasteiger partial charge in [0.2, 0.25) is 15.9 Å². The monoisotopic (exact) mass is 370 g/mol. The van der Waals surface area contributed by atoms with Crippen LogP contribution in [-0.4, -0.2) is 43.8 Å². The summed E-state index contributed by atoms with van der Waals surface area (Å²) in [5, 5.41) is 11.3. The molecule has 0 aliphatic rings. The summed E-state index contributed by atoms with van der Waals surface area (Å²) in [6.07, 6.45) is 4.65. The first-order valence-electron chi connectivity index (χ1n) is 8.27. The summed E-state index contributed by atoms with van der Waals surface area (Å²) in [6, 6.07) is 6.07. The summed E-state index contributed by atoms with van der Waals surface area (Å²) in [6.45, 7) is 0. The Labute approximate surface area is 149 Å². The molecular formula is C17H26N2O5S. The predicted molar refractivity (Wildman–Crippen MR) is 95.9 cm³/mol. The van der Waals surface area contributed by atoms with Gasteiger partial charge in [-0.3, -0.25) is 9.59 Å². The van der Waals surface area contributed by atoms with Crippen LogP contribution in [0.1, 0.15) is 44.9 Å². The Morgan fingerprint density at radius 1 is 0.960 bits per heavy atom. The lowest BCUT2D eigenvalue weighted by atomic mass is 10.1. The molecule has 0 unspecified atom stereocenters. The summed E-state index contributed by atoms with van der Waals surface area (Å²) in [5.41, 5.74) is 0.559. The van der Waals surface area contributed by atoms with E-state index in [0.29, 0.717) is 18.5 Å². The molecular weight excluding hydrogens is 344 g/mol. The molecule has 0 aliphatic heterocycles. The highest BCUT2D eigenvalue weighted by Crippen LogP contribution is 2.17. The Morgan fingerprint density at radius 3 is 2.00 bits per heavy atom. The van der Waals surface area contributed by atoms with Gasteiger partial charge in [0.05, 0.1) is 4.90 Å². The maximum absolute atomic E-state index is 12.0. The lowest BCUT2D eigenvalue weighted by Gasteiger charge is -2.12. The van der Waals surface area contributed by atoms with Crippen molar-refractivity contribution in [2.75, 3.05) is 19.4 Å². The molecule has 0 radical (unpaired) electrons. The number of carbonyl (C=O) groups is 2. The second kappa shape index (κ2) is 10.1. The van der Waals surface area contributed by atoms with Crippen LogP contribution in [0.5, 0.6) is 0 Å². The number of aliphatic carboxylic acids is 1. The highest BCUT2D eigenvalue weighted by Gasteiger charge is 2.16. The molecule has 1 amide bonds. The zero-order valence-corrected chi connectivity index (χ0v) is 15.5. The molecule has 0 fully saturated rings. The number of rotatable bonds is 11. The molecule has 0 spiro atoms. The molecule has 1 aromatic carbocycles. The highest BCUT2D eigenvalue weighted by molar-refractivity contribution is 7.89. The maximum Gasteiger partial charge on any atom is 0.303 e. The average Bonchev–Trinajstić information content (AvgIpc) is 2.54. The lowest BCUT2D eigenvalue weighted by Crippen LogP contribution is -2.22. The first kappa shape index (κ1) is 21.1. The van der Waals surface area contributed by atoms with Crippen LogP contribution < -0.4 is 5.32 Å². The fourth-order valence-electron chi connectivity index (χ4n) is 2.24. The van der Waals surface area contributed by atoms with Gasteiger partial charge in [0.25, 0.3) is 0 Å². The number of amides is 1. The van der Waals surface area contributed by atoms with E-state index in [9.17, 15) is 18.0 Å². The molecule has 0 bridgehead atoms. The summed E-state index contributed by atoms with van der Waals surface area (Å²) in [4.78, 5) is 22.4. The Bertz CT molecular complexity index is 669. The first-order chi connectivity index (χ1) is 11.7. The molecule has 2 N–H and O–H groups in total. The number of hydrogen-bond acceptors (Lipinski definition) is 4. The van der Waals surface area contributed by atoms with Gasteiger partial charge < -0.3 is 10.4 Å². The molecule has 0 atom stereocenters. The Hall–Kier alpha value is -1.93. The minimum absolute atomic E-state index is 0.117. The second-order valence-corrected chi connectivity index (χ2v) is 8.17. The molecule has 1 rings (SSSR count). The standard InChI is InChI=1S/C17H26N2O5S/c1-19(2)25(23,24)15-12-10-14(11-13-15)18-16(20)8-6-4-3-5-7-9-17(21)22/h10-13H,3-9H2,1-2H3,(H,18,20)(H,21,22). The van der Waals surface area contributed by atoms with Gasteiger partial charge in [0.1, 0.15) is 0 Å². The van der Waals surface area contributed by atoms with Crippen LogP contribution in [0.2, 0.25) is 0 Å². The minimum Gasteiger partial charge on any atom is -0.481 e. The van der Waals surface area contributed by atoms with E-state index in [4.69, 9.17) is 5.11 Å². The molecule has 7 nitrogen and oxygen atoms in total. The van der Waals surface area contributed by atoms with Gasteiger partial charge in [-0.25, -0.2) is 12.7 Å². The average molecular weight is 370 g/mol. The molecule has 140 valence electrons. The Kier molecular flexibility index (Phi) is 8.57. The van der Waals surface area contributed by atoms with E-state index in [1.54, 1.807) is 12.1 Å². The summed E-state index contributed by atoms with van der Waals surface area (Å²) < 4.78 is 25.1. The molecule has 25 heavy (non-hydrogen) atoms. The number of hydrogen-bond donors (Lipinski definition) is 2. The molecule has 0 aliphatic carbocycles. The van der Waals surface area contributed by atoms with Gasteiger partial charge >= 0.3 is 5.97 Å². The maximum atomic E-state index is 12.0. The number of sulfonamides is 1. The van der Waals surface area contributed by atoms with Crippen molar-refractivity contribution in [3.8, 4) is 0 Å². The number of unbranched alkanes of at least 4 members (excludes halogenated alkanes) is 4. The summed E-state index contributed by atoms with van der Waals surface area (Å²) in [5.74, 6) is -0.891. The number of benzene rings is 1. The van der Waals surface area contributed by atoms with Crippen molar-refractivity contribution in [2.24, 2.45) is 0 Å². The van der Waals surface area contributed by atoms with E-state index < -0.39 is 16.0 Å². The van der Waals surface area contributed by atoms with Crippen LogP contribution >= 0.6 is 0 Å². The summed E-state index contributed by atoms with van der Waals surface area (Å²) >= 11 is 0. The van der Waals surface area contributed by atoms with Gasteiger partial charge in [-0.05, 0) is 37.1 Å². The van der Waals surface area contributed by atoms with E-state index in [1.165, 1.54) is 26.2 Å². The quantitative estimate of drug-likeness (QED) is 0.583. The van der Waals surface area contributed by atoms with Crippen LogP contribution in [0.15, 0.2) is 29.2 Å². The van der Waals surface area contributed by atoms with E-state index in [-0.39, 0.29) is 17.2 Å². The number of carboxylic acid groups (broad SMARTS) is 1. The number of nitrogens with zero attached hydrogens (tertiary/aromatic N) is 1. The molecule has 0 heterocycles. The van der Waals surface area contributed by atoms with E-state index >= 15 is 0 Å². The zero-order valence-electron chi connectivity index (χ0n) is 14.7. The largest absolute Gasteiger partial charge is 0.481 e. The van der Waals surface area contributed by atoms with E-state index in [0.717, 1.165) is 30.0 Å². The van der Waals surface area contributed by atoms with Crippen molar-refractivity contribution in [3.05, 3.63) is 24.3 Å². The third-order valence-corrected chi connectivity index (χ3v) is 5.54. The minimum atomic E-state index is -3.47. The van der Waals surface area contributed by atoms with Crippen LogP contribution in [-0.2, 0) is 19.6 Å². The molecule has 0 saturated heterocycles. The molecule has 8 heteroatoms. The van der Waals surface area contributed by atoms with Crippen molar-refractivity contribution >= 4 is 27.6 Å². The van der Waals surface area contributed by atoms with Crippen molar-refractivity contribution in [1.29, 1.82) is 0 Å². The molecule has 1 aromatic rings. The Morgan fingerprint density at radius 2 is 1.48 bits per heavy atom. The van der Waals surface area contributed by atoms with E-state index in [1.807, 2.05) is 0 Å². The molecule has 0 saturated carbocycles. The SMILES string of the molecule is CN(C)S(=O)(=O)c1ccc(NC(=O)CCCCCCCC(=O)O)cc1. The van der Waals surface area contributed by atoms with Crippen molar-refractivity contribution in [2.45, 2.75) is 49.8 Å². The van der Waals surface area contributed by atoms with Gasteiger partial charge in [0, 0.05) is 32.6 Å². The van der Waals surface area contributed by atoms with Crippen molar-refractivity contribution in [3.63, 3.8) is 0 Å². The highest BCUT2D eigenvalue weighted by atomic mass is 32.2. The van der Waals surface area contributed by atoms with Crippen LogP contribution in [0, 0.1) is 0 Å². The van der Waals surface area contributed by atoms with Crippen LogP contribution in [0.25, 0.3) is 0 Å².